The predicted octanol–water partition coefficient (Wildman–Crippen LogP) is 7.51. The van der Waals surface area contributed by atoms with Gasteiger partial charge < -0.3 is 20.3 Å². The molecule has 3 aromatic carbocycles. The van der Waals surface area contributed by atoms with Crippen molar-refractivity contribution in [3.05, 3.63) is 101 Å². The number of nitrogens with zero attached hydrogens (tertiary/aromatic N) is 1. The van der Waals surface area contributed by atoms with Gasteiger partial charge in [-0.3, -0.25) is 9.59 Å². The maximum absolute atomic E-state index is 14.7. The first-order valence-corrected chi connectivity index (χ1v) is 15.7. The van der Waals surface area contributed by atoms with Crippen LogP contribution in [0.5, 0.6) is 0 Å². The quantitative estimate of drug-likeness (QED) is 0.155. The summed E-state index contributed by atoms with van der Waals surface area (Å²) in [5.41, 5.74) is 3.95. The molecule has 7 nitrogen and oxygen atoms in total. The van der Waals surface area contributed by atoms with Crippen molar-refractivity contribution in [1.29, 1.82) is 0 Å². The number of alkyl carbamates (subject to hydrolysis) is 1. The summed E-state index contributed by atoms with van der Waals surface area (Å²) in [7, 11) is 0. The third-order valence-corrected chi connectivity index (χ3v) is 7.49. The summed E-state index contributed by atoms with van der Waals surface area (Å²) in [4.78, 5) is 43.7. The Hall–Kier alpha value is -4.57. The second kappa shape index (κ2) is 16.5. The van der Waals surface area contributed by atoms with Crippen molar-refractivity contribution in [2.45, 2.75) is 91.3 Å². The molecule has 0 saturated heterocycles. The standard InChI is InChI=1S/C38H47N3O4/c1-8-10-11-15-25-41(36(43)32(26-30-19-13-12-14-20-30)39-37(44)45-38(5,6)7)34(31-23-21-29(9-2)22-24-31)35(42)40-33-27(3)17-16-18-28(33)4/h2,12-14,16-24,32,34H,8,10-11,15,25-26H2,1,3-7H3,(H,39,44)(H,40,42). The van der Waals surface area contributed by atoms with Crippen LogP contribution < -0.4 is 10.6 Å². The lowest BCUT2D eigenvalue weighted by molar-refractivity contribution is -0.140. The first kappa shape index (κ1) is 34.9. The van der Waals surface area contributed by atoms with E-state index in [1.54, 1.807) is 49.9 Å². The summed E-state index contributed by atoms with van der Waals surface area (Å²) < 4.78 is 5.55. The van der Waals surface area contributed by atoms with E-state index >= 15 is 0 Å². The number of benzene rings is 3. The molecule has 238 valence electrons. The normalized spacial score (nSPS) is 12.4. The van der Waals surface area contributed by atoms with Gasteiger partial charge in [0.15, 0.2) is 0 Å². The van der Waals surface area contributed by atoms with Crippen molar-refractivity contribution >= 4 is 23.6 Å². The number of carbonyl (C=O) groups excluding carboxylic acids is 3. The van der Waals surface area contributed by atoms with Gasteiger partial charge in [-0.2, -0.15) is 0 Å². The molecule has 0 aromatic heterocycles. The SMILES string of the molecule is C#Cc1ccc(C(C(=O)Nc2c(C)cccc2C)N(CCCCCC)C(=O)C(Cc2ccccc2)NC(=O)OC(C)(C)C)cc1. The van der Waals surface area contributed by atoms with Crippen LogP contribution in [0.15, 0.2) is 72.8 Å². The van der Waals surface area contributed by atoms with Gasteiger partial charge in [0.05, 0.1) is 0 Å². The third kappa shape index (κ3) is 10.5. The summed E-state index contributed by atoms with van der Waals surface area (Å²) in [5, 5.41) is 5.94. The van der Waals surface area contributed by atoms with Crippen molar-refractivity contribution in [1.82, 2.24) is 10.2 Å². The van der Waals surface area contributed by atoms with Crippen LogP contribution in [0, 0.1) is 26.2 Å². The van der Waals surface area contributed by atoms with E-state index < -0.39 is 23.8 Å². The van der Waals surface area contributed by atoms with Crippen LogP contribution in [0.1, 0.15) is 87.2 Å². The van der Waals surface area contributed by atoms with Gasteiger partial charge in [-0.1, -0.05) is 92.8 Å². The van der Waals surface area contributed by atoms with Crippen molar-refractivity contribution in [2.75, 3.05) is 11.9 Å². The fourth-order valence-corrected chi connectivity index (χ4v) is 5.21. The van der Waals surface area contributed by atoms with E-state index in [1.807, 2.05) is 62.4 Å². The highest BCUT2D eigenvalue weighted by Crippen LogP contribution is 2.28. The maximum Gasteiger partial charge on any atom is 0.408 e. The Bertz CT molecular complexity index is 1450. The average Bonchev–Trinajstić information content (AvgIpc) is 2.99. The molecular weight excluding hydrogens is 562 g/mol. The molecule has 2 unspecified atom stereocenters. The number of rotatable bonds is 13. The topological polar surface area (TPSA) is 87.7 Å². The molecule has 3 rings (SSSR count). The van der Waals surface area contributed by atoms with Gasteiger partial charge in [0.1, 0.15) is 17.7 Å². The first-order chi connectivity index (χ1) is 21.4. The molecule has 0 aliphatic rings. The van der Waals surface area contributed by atoms with Crippen LogP contribution >= 0.6 is 0 Å². The lowest BCUT2D eigenvalue weighted by Gasteiger charge is -2.35. The number of hydrogen-bond donors (Lipinski definition) is 2. The Balaban J connectivity index is 2.11. The number of unbranched alkanes of at least 4 members (excludes halogenated alkanes) is 3. The van der Waals surface area contributed by atoms with E-state index in [2.05, 4.69) is 23.5 Å². The molecule has 3 aromatic rings. The van der Waals surface area contributed by atoms with Crippen molar-refractivity contribution in [3.8, 4) is 12.3 Å². The second-order valence-corrected chi connectivity index (χ2v) is 12.4. The van der Waals surface area contributed by atoms with E-state index in [0.717, 1.165) is 36.0 Å². The summed E-state index contributed by atoms with van der Waals surface area (Å²) in [6.45, 7) is 11.6. The molecule has 2 atom stereocenters. The van der Waals surface area contributed by atoms with E-state index in [4.69, 9.17) is 11.2 Å². The van der Waals surface area contributed by atoms with Crippen LogP contribution in [0.4, 0.5) is 10.5 Å². The molecule has 0 aliphatic heterocycles. The summed E-state index contributed by atoms with van der Waals surface area (Å²) in [6, 6.07) is 20.5. The fraction of sp³-hybridized carbons (Fsp3) is 0.395. The molecule has 45 heavy (non-hydrogen) atoms. The van der Waals surface area contributed by atoms with Crippen molar-refractivity contribution < 1.29 is 19.1 Å². The van der Waals surface area contributed by atoms with Crippen LogP contribution in [0.25, 0.3) is 0 Å². The van der Waals surface area contributed by atoms with Crippen LogP contribution in [-0.4, -0.2) is 41.0 Å². The lowest BCUT2D eigenvalue weighted by Crippen LogP contribution is -2.53. The number of terminal acetylenes is 1. The molecule has 7 heteroatoms. The van der Waals surface area contributed by atoms with Crippen molar-refractivity contribution in [2.24, 2.45) is 0 Å². The zero-order valence-corrected chi connectivity index (χ0v) is 27.5. The number of anilines is 1. The monoisotopic (exact) mass is 609 g/mol. The summed E-state index contributed by atoms with van der Waals surface area (Å²) in [6.07, 6.45) is 8.77. The zero-order valence-electron chi connectivity index (χ0n) is 27.5. The summed E-state index contributed by atoms with van der Waals surface area (Å²) >= 11 is 0. The zero-order chi connectivity index (χ0) is 33.0. The Labute approximate surface area is 268 Å². The highest BCUT2D eigenvalue weighted by Gasteiger charge is 2.36. The Morgan fingerprint density at radius 1 is 0.889 bits per heavy atom. The van der Waals surface area contributed by atoms with Gasteiger partial charge in [-0.05, 0) is 75.4 Å². The number of nitrogens with one attached hydrogen (secondary N) is 2. The van der Waals surface area contributed by atoms with Gasteiger partial charge in [-0.15, -0.1) is 6.42 Å². The van der Waals surface area contributed by atoms with Gasteiger partial charge in [0, 0.05) is 24.2 Å². The van der Waals surface area contributed by atoms with E-state index in [-0.39, 0.29) is 18.2 Å². The van der Waals surface area contributed by atoms with Gasteiger partial charge in [0.2, 0.25) is 5.91 Å². The van der Waals surface area contributed by atoms with Crippen LogP contribution in [0.3, 0.4) is 0 Å². The van der Waals surface area contributed by atoms with E-state index in [1.165, 1.54) is 0 Å². The van der Waals surface area contributed by atoms with E-state index in [0.29, 0.717) is 29.8 Å². The molecule has 0 saturated carbocycles. The minimum Gasteiger partial charge on any atom is -0.444 e. The van der Waals surface area contributed by atoms with E-state index in [9.17, 15) is 14.4 Å². The number of aryl methyl sites for hydroxylation is 2. The molecule has 0 radical (unpaired) electrons. The maximum atomic E-state index is 14.7. The minimum absolute atomic E-state index is 0.228. The number of ether oxygens (including phenoxy) is 1. The fourth-order valence-electron chi connectivity index (χ4n) is 5.21. The molecule has 0 fully saturated rings. The molecule has 0 bridgehead atoms. The number of carbonyl (C=O) groups is 3. The van der Waals surface area contributed by atoms with Gasteiger partial charge in [0.25, 0.3) is 5.91 Å². The van der Waals surface area contributed by atoms with Gasteiger partial charge >= 0.3 is 6.09 Å². The molecular formula is C38H47N3O4. The number of hydrogen-bond acceptors (Lipinski definition) is 4. The molecule has 0 heterocycles. The molecule has 2 N–H and O–H groups in total. The average molecular weight is 610 g/mol. The van der Waals surface area contributed by atoms with Crippen molar-refractivity contribution in [3.63, 3.8) is 0 Å². The largest absolute Gasteiger partial charge is 0.444 e. The highest BCUT2D eigenvalue weighted by molar-refractivity contribution is 6.00. The Kier molecular flexibility index (Phi) is 12.8. The van der Waals surface area contributed by atoms with Crippen LogP contribution in [-0.2, 0) is 20.7 Å². The Morgan fingerprint density at radius 2 is 1.53 bits per heavy atom. The smallest absolute Gasteiger partial charge is 0.408 e. The highest BCUT2D eigenvalue weighted by atomic mass is 16.6. The molecule has 3 amide bonds. The number of amides is 3. The predicted molar refractivity (Wildman–Crippen MR) is 181 cm³/mol. The lowest BCUT2D eigenvalue weighted by atomic mass is 9.98. The number of para-hydroxylation sites is 1. The second-order valence-electron chi connectivity index (χ2n) is 12.4. The van der Waals surface area contributed by atoms with Crippen LogP contribution in [0.2, 0.25) is 0 Å². The first-order valence-electron chi connectivity index (χ1n) is 15.7. The summed E-state index contributed by atoms with van der Waals surface area (Å²) in [5.74, 6) is 1.90. The Morgan fingerprint density at radius 3 is 2.11 bits per heavy atom. The minimum atomic E-state index is -0.983. The molecule has 0 aliphatic carbocycles. The third-order valence-electron chi connectivity index (χ3n) is 7.49. The molecule has 0 spiro atoms. The van der Waals surface area contributed by atoms with Gasteiger partial charge in [-0.25, -0.2) is 4.79 Å².